The van der Waals surface area contributed by atoms with Crippen LogP contribution in [0.1, 0.15) is 18.5 Å². The molecule has 0 aromatic heterocycles. The second kappa shape index (κ2) is 7.09. The van der Waals surface area contributed by atoms with Gasteiger partial charge in [0.05, 0.1) is 6.61 Å². The maximum absolute atomic E-state index is 13.3. The molecule has 0 aliphatic carbocycles. The van der Waals surface area contributed by atoms with Gasteiger partial charge in [-0.05, 0) is 31.2 Å². The molecule has 0 spiro atoms. The van der Waals surface area contributed by atoms with E-state index in [-0.39, 0.29) is 12.4 Å². The lowest BCUT2D eigenvalue weighted by Crippen LogP contribution is -2.23. The molecule has 0 aliphatic rings. The highest BCUT2D eigenvalue weighted by Crippen LogP contribution is 2.27. The topological polar surface area (TPSA) is 38.3 Å². The Balaban J connectivity index is 2.33. The number of benzene rings is 2. The second-order valence-corrected chi connectivity index (χ2v) is 4.77. The first-order valence-electron chi connectivity index (χ1n) is 6.55. The van der Waals surface area contributed by atoms with E-state index in [1.807, 2.05) is 0 Å². The summed E-state index contributed by atoms with van der Waals surface area (Å²) in [6, 6.07) is 12.1. The molecular weight excluding hydrogens is 293 g/mol. The van der Waals surface area contributed by atoms with Gasteiger partial charge in [0.25, 0.3) is 0 Å². The van der Waals surface area contributed by atoms with Crippen molar-refractivity contribution in [2.75, 3.05) is 11.9 Å². The molecule has 0 saturated heterocycles. The van der Waals surface area contributed by atoms with Crippen molar-refractivity contribution in [1.29, 1.82) is 0 Å². The van der Waals surface area contributed by atoms with Crippen molar-refractivity contribution < 1.29 is 13.9 Å². The summed E-state index contributed by atoms with van der Waals surface area (Å²) in [5.41, 5.74) is 1.06. The summed E-state index contributed by atoms with van der Waals surface area (Å²) in [4.78, 5) is 12.1. The molecule has 1 N–H and O–H groups in total. The highest BCUT2D eigenvalue weighted by molar-refractivity contribution is 6.31. The van der Waals surface area contributed by atoms with E-state index < -0.39 is 12.0 Å². The Morgan fingerprint density at radius 2 is 2.05 bits per heavy atom. The number of halogens is 2. The number of hydrogen-bond acceptors (Lipinski definition) is 3. The van der Waals surface area contributed by atoms with Gasteiger partial charge in [0, 0.05) is 16.3 Å². The van der Waals surface area contributed by atoms with Crippen LogP contribution < -0.4 is 5.32 Å². The fourth-order valence-electron chi connectivity index (χ4n) is 1.94. The van der Waals surface area contributed by atoms with Crippen LogP contribution in [0, 0.1) is 5.82 Å². The average Bonchev–Trinajstić information content (AvgIpc) is 2.46. The first-order chi connectivity index (χ1) is 10.1. The fourth-order valence-corrected chi connectivity index (χ4v) is 2.19. The molecule has 3 nitrogen and oxygen atoms in total. The largest absolute Gasteiger partial charge is 0.464 e. The predicted molar refractivity (Wildman–Crippen MR) is 80.8 cm³/mol. The molecule has 0 bridgehead atoms. The van der Waals surface area contributed by atoms with Crippen molar-refractivity contribution >= 4 is 23.3 Å². The quantitative estimate of drug-likeness (QED) is 0.842. The molecule has 2 aromatic rings. The zero-order chi connectivity index (χ0) is 15.2. The van der Waals surface area contributed by atoms with E-state index in [0.717, 1.165) is 0 Å². The van der Waals surface area contributed by atoms with Crippen molar-refractivity contribution in [2.45, 2.75) is 13.0 Å². The van der Waals surface area contributed by atoms with Gasteiger partial charge in [-0.3, -0.25) is 0 Å². The van der Waals surface area contributed by atoms with E-state index >= 15 is 0 Å². The van der Waals surface area contributed by atoms with E-state index in [4.69, 9.17) is 16.3 Å². The van der Waals surface area contributed by atoms with Crippen LogP contribution in [0.4, 0.5) is 10.1 Å². The molecule has 5 heteroatoms. The maximum Gasteiger partial charge on any atom is 0.333 e. The number of hydrogen-bond donors (Lipinski definition) is 1. The molecule has 1 unspecified atom stereocenters. The van der Waals surface area contributed by atoms with Crippen molar-refractivity contribution in [3.63, 3.8) is 0 Å². The summed E-state index contributed by atoms with van der Waals surface area (Å²) in [7, 11) is 0. The summed E-state index contributed by atoms with van der Waals surface area (Å²) in [6.07, 6.45) is 0. The maximum atomic E-state index is 13.3. The van der Waals surface area contributed by atoms with Gasteiger partial charge in [0.15, 0.2) is 6.04 Å². The number of rotatable bonds is 5. The van der Waals surface area contributed by atoms with Crippen molar-refractivity contribution in [3.05, 3.63) is 64.9 Å². The molecule has 21 heavy (non-hydrogen) atoms. The smallest absolute Gasteiger partial charge is 0.333 e. The molecular formula is C16H15ClFNO2. The van der Waals surface area contributed by atoms with Crippen LogP contribution in [0.5, 0.6) is 0 Å². The second-order valence-electron chi connectivity index (χ2n) is 4.36. The highest BCUT2D eigenvalue weighted by atomic mass is 35.5. The molecule has 0 amide bonds. The van der Waals surface area contributed by atoms with Gasteiger partial charge < -0.3 is 10.1 Å². The molecule has 0 saturated carbocycles. The Bertz CT molecular complexity index is 633. The Morgan fingerprint density at radius 1 is 1.29 bits per heavy atom. The summed E-state index contributed by atoms with van der Waals surface area (Å²) in [5.74, 6) is -0.850. The van der Waals surface area contributed by atoms with E-state index in [0.29, 0.717) is 16.3 Å². The SMILES string of the molecule is CCOC(=O)C(Nc1cccc(F)c1)c1ccccc1Cl. The Hall–Kier alpha value is -2.07. The minimum absolute atomic E-state index is 0.255. The van der Waals surface area contributed by atoms with Crippen LogP contribution in [0.3, 0.4) is 0 Å². The Labute approximate surface area is 127 Å². The standard InChI is InChI=1S/C16H15ClFNO2/c1-2-21-16(20)15(13-8-3-4-9-14(13)17)19-12-7-5-6-11(18)10-12/h3-10,15,19H,2H2,1H3. The fraction of sp³-hybridized carbons (Fsp3) is 0.188. The minimum atomic E-state index is -0.791. The number of anilines is 1. The van der Waals surface area contributed by atoms with Crippen LogP contribution >= 0.6 is 11.6 Å². The number of esters is 1. The van der Waals surface area contributed by atoms with Gasteiger partial charge in [-0.1, -0.05) is 35.9 Å². The van der Waals surface area contributed by atoms with Crippen molar-refractivity contribution in [1.82, 2.24) is 0 Å². The Morgan fingerprint density at radius 3 is 2.71 bits per heavy atom. The monoisotopic (exact) mass is 307 g/mol. The number of nitrogens with one attached hydrogen (secondary N) is 1. The van der Waals surface area contributed by atoms with Gasteiger partial charge >= 0.3 is 5.97 Å². The molecule has 0 fully saturated rings. The average molecular weight is 308 g/mol. The summed E-state index contributed by atoms with van der Waals surface area (Å²) < 4.78 is 18.3. The third kappa shape index (κ3) is 3.95. The summed E-state index contributed by atoms with van der Waals surface area (Å²) in [6.45, 7) is 1.98. The summed E-state index contributed by atoms with van der Waals surface area (Å²) >= 11 is 6.14. The van der Waals surface area contributed by atoms with Crippen molar-refractivity contribution in [3.8, 4) is 0 Å². The van der Waals surface area contributed by atoms with Crippen LogP contribution in [-0.2, 0) is 9.53 Å². The molecule has 1 atom stereocenters. The number of carbonyl (C=O) groups is 1. The molecule has 0 radical (unpaired) electrons. The van der Waals surface area contributed by atoms with E-state index in [9.17, 15) is 9.18 Å². The van der Waals surface area contributed by atoms with Gasteiger partial charge in [-0.2, -0.15) is 0 Å². The summed E-state index contributed by atoms with van der Waals surface area (Å²) in [5, 5.41) is 3.41. The predicted octanol–water partition coefficient (Wildman–Crippen LogP) is 4.20. The van der Waals surface area contributed by atoms with Crippen LogP contribution in [-0.4, -0.2) is 12.6 Å². The van der Waals surface area contributed by atoms with Crippen LogP contribution in [0.25, 0.3) is 0 Å². The molecule has 2 aromatic carbocycles. The lowest BCUT2D eigenvalue weighted by molar-refractivity contribution is -0.144. The Kier molecular flexibility index (Phi) is 5.17. The number of ether oxygens (including phenoxy) is 1. The van der Waals surface area contributed by atoms with Crippen molar-refractivity contribution in [2.24, 2.45) is 0 Å². The molecule has 0 aliphatic heterocycles. The van der Waals surface area contributed by atoms with Gasteiger partial charge in [0.1, 0.15) is 5.82 Å². The third-order valence-electron chi connectivity index (χ3n) is 2.87. The van der Waals surface area contributed by atoms with E-state index in [2.05, 4.69) is 5.32 Å². The van der Waals surface area contributed by atoms with E-state index in [1.165, 1.54) is 12.1 Å². The van der Waals surface area contributed by atoms with Gasteiger partial charge in [-0.25, -0.2) is 9.18 Å². The molecule has 2 rings (SSSR count). The van der Waals surface area contributed by atoms with Crippen LogP contribution in [0.2, 0.25) is 5.02 Å². The molecule has 110 valence electrons. The number of carbonyl (C=O) groups excluding carboxylic acids is 1. The highest BCUT2D eigenvalue weighted by Gasteiger charge is 2.24. The van der Waals surface area contributed by atoms with Gasteiger partial charge in [0.2, 0.25) is 0 Å². The third-order valence-corrected chi connectivity index (χ3v) is 3.22. The lowest BCUT2D eigenvalue weighted by Gasteiger charge is -2.19. The first-order valence-corrected chi connectivity index (χ1v) is 6.92. The molecule has 0 heterocycles. The lowest BCUT2D eigenvalue weighted by atomic mass is 10.1. The van der Waals surface area contributed by atoms with Gasteiger partial charge in [-0.15, -0.1) is 0 Å². The zero-order valence-corrected chi connectivity index (χ0v) is 12.2. The normalized spacial score (nSPS) is 11.8. The van der Waals surface area contributed by atoms with E-state index in [1.54, 1.807) is 43.3 Å². The first kappa shape index (κ1) is 15.3. The van der Waals surface area contributed by atoms with Crippen LogP contribution in [0.15, 0.2) is 48.5 Å². The zero-order valence-electron chi connectivity index (χ0n) is 11.5. The minimum Gasteiger partial charge on any atom is -0.464 e.